The summed E-state index contributed by atoms with van der Waals surface area (Å²) in [6.45, 7) is 2.72. The number of esters is 1. The fourth-order valence-electron chi connectivity index (χ4n) is 2.64. The van der Waals surface area contributed by atoms with Crippen LogP contribution in [0.25, 0.3) is 10.4 Å². The van der Waals surface area contributed by atoms with Crippen LogP contribution in [0, 0.1) is 5.92 Å². The molecule has 1 aliphatic heterocycles. The highest BCUT2D eigenvalue weighted by Gasteiger charge is 2.38. The van der Waals surface area contributed by atoms with Crippen LogP contribution in [0.4, 0.5) is 0 Å². The molecule has 6 nitrogen and oxygen atoms in total. The van der Waals surface area contributed by atoms with E-state index in [4.69, 9.17) is 15.0 Å². The standard InChI is InChI=1S/C16H21N3O3/c1-2-6-13-9-15(22-16(13)20)14(18-19-17)11-21-10-12-7-4-3-5-8-12/h3-5,7-8,13-15H,2,6,9-11H2,1H3/t13-,14+,15+/m1/s1. The van der Waals surface area contributed by atoms with Crippen molar-refractivity contribution < 1.29 is 14.3 Å². The topological polar surface area (TPSA) is 84.3 Å². The van der Waals surface area contributed by atoms with Gasteiger partial charge in [0, 0.05) is 4.91 Å². The summed E-state index contributed by atoms with van der Waals surface area (Å²) in [4.78, 5) is 14.6. The first kappa shape index (κ1) is 16.3. The summed E-state index contributed by atoms with van der Waals surface area (Å²) in [5, 5.41) is 3.74. The van der Waals surface area contributed by atoms with Crippen LogP contribution in [0.2, 0.25) is 0 Å². The Morgan fingerprint density at radius 2 is 2.23 bits per heavy atom. The third kappa shape index (κ3) is 4.48. The molecule has 0 amide bonds. The molecule has 2 rings (SSSR count). The lowest BCUT2D eigenvalue weighted by Crippen LogP contribution is -2.28. The van der Waals surface area contributed by atoms with Crippen molar-refractivity contribution in [3.63, 3.8) is 0 Å². The van der Waals surface area contributed by atoms with Crippen molar-refractivity contribution in [2.24, 2.45) is 11.0 Å². The molecule has 0 radical (unpaired) electrons. The fourth-order valence-corrected chi connectivity index (χ4v) is 2.64. The van der Waals surface area contributed by atoms with E-state index in [1.165, 1.54) is 0 Å². The Bertz CT molecular complexity index is 529. The Kier molecular flexibility index (Phi) is 6.25. The average Bonchev–Trinajstić information content (AvgIpc) is 2.89. The molecule has 1 heterocycles. The van der Waals surface area contributed by atoms with Crippen LogP contribution in [0.15, 0.2) is 35.4 Å². The Hall–Kier alpha value is -2.04. The van der Waals surface area contributed by atoms with Crippen molar-refractivity contribution >= 4 is 5.97 Å². The minimum atomic E-state index is -0.473. The van der Waals surface area contributed by atoms with Gasteiger partial charge in [0.25, 0.3) is 0 Å². The number of benzene rings is 1. The van der Waals surface area contributed by atoms with Gasteiger partial charge in [0.2, 0.25) is 0 Å². The maximum absolute atomic E-state index is 11.8. The highest BCUT2D eigenvalue weighted by Crippen LogP contribution is 2.28. The molecule has 1 aliphatic rings. The molecular weight excluding hydrogens is 282 g/mol. The molecule has 1 aromatic carbocycles. The van der Waals surface area contributed by atoms with E-state index in [1.807, 2.05) is 37.3 Å². The molecule has 0 saturated carbocycles. The van der Waals surface area contributed by atoms with Crippen LogP contribution >= 0.6 is 0 Å². The maximum atomic E-state index is 11.8. The van der Waals surface area contributed by atoms with E-state index < -0.39 is 6.04 Å². The van der Waals surface area contributed by atoms with Gasteiger partial charge in [-0.1, -0.05) is 48.8 Å². The van der Waals surface area contributed by atoms with Crippen LogP contribution in [0.5, 0.6) is 0 Å². The van der Waals surface area contributed by atoms with Gasteiger partial charge in [-0.3, -0.25) is 4.79 Å². The lowest BCUT2D eigenvalue weighted by atomic mass is 9.97. The SMILES string of the molecule is CCC[C@@H]1C[C@@H]([C@H](COCc2ccccc2)N=[N+]=[N-])OC1=O. The molecule has 22 heavy (non-hydrogen) atoms. The quantitative estimate of drug-likeness (QED) is 0.318. The summed E-state index contributed by atoms with van der Waals surface area (Å²) in [6, 6.07) is 9.29. The normalized spacial score (nSPS) is 22.0. The van der Waals surface area contributed by atoms with E-state index in [2.05, 4.69) is 10.0 Å². The number of nitrogens with zero attached hydrogens (tertiary/aromatic N) is 3. The maximum Gasteiger partial charge on any atom is 0.309 e. The molecule has 1 saturated heterocycles. The van der Waals surface area contributed by atoms with Crippen LogP contribution < -0.4 is 0 Å². The predicted octanol–water partition coefficient (Wildman–Crippen LogP) is 3.61. The van der Waals surface area contributed by atoms with Crippen molar-refractivity contribution in [2.75, 3.05) is 6.61 Å². The molecule has 0 aromatic heterocycles. The molecule has 0 unspecified atom stereocenters. The van der Waals surface area contributed by atoms with Gasteiger partial charge in [-0.05, 0) is 23.9 Å². The third-order valence-corrected chi connectivity index (χ3v) is 3.78. The van der Waals surface area contributed by atoms with E-state index in [-0.39, 0.29) is 24.6 Å². The second-order valence-electron chi connectivity index (χ2n) is 5.47. The number of azide groups is 1. The monoisotopic (exact) mass is 303 g/mol. The van der Waals surface area contributed by atoms with Crippen molar-refractivity contribution in [3.05, 3.63) is 46.3 Å². The Balaban J connectivity index is 1.87. The molecule has 118 valence electrons. The van der Waals surface area contributed by atoms with E-state index in [0.29, 0.717) is 13.0 Å². The van der Waals surface area contributed by atoms with Crippen LogP contribution in [0.3, 0.4) is 0 Å². The van der Waals surface area contributed by atoms with Crippen LogP contribution in [0.1, 0.15) is 31.7 Å². The first-order chi connectivity index (χ1) is 10.7. The minimum Gasteiger partial charge on any atom is -0.462 e. The van der Waals surface area contributed by atoms with Crippen LogP contribution in [-0.4, -0.2) is 24.7 Å². The number of rotatable bonds is 8. The van der Waals surface area contributed by atoms with Crippen LogP contribution in [-0.2, 0) is 20.9 Å². The molecule has 1 aromatic rings. The molecular formula is C16H21N3O3. The summed E-state index contributed by atoms with van der Waals surface area (Å²) in [5.74, 6) is -0.270. The number of carbonyl (C=O) groups is 1. The largest absolute Gasteiger partial charge is 0.462 e. The second-order valence-corrected chi connectivity index (χ2v) is 5.47. The molecule has 6 heteroatoms. The highest BCUT2D eigenvalue weighted by molar-refractivity contribution is 5.74. The van der Waals surface area contributed by atoms with Gasteiger partial charge in [-0.25, -0.2) is 0 Å². The van der Waals surface area contributed by atoms with Gasteiger partial charge >= 0.3 is 5.97 Å². The summed E-state index contributed by atoms with van der Waals surface area (Å²) < 4.78 is 11.0. The van der Waals surface area contributed by atoms with Gasteiger partial charge in [0.15, 0.2) is 0 Å². The fraction of sp³-hybridized carbons (Fsp3) is 0.562. The van der Waals surface area contributed by atoms with E-state index in [9.17, 15) is 4.79 Å². The molecule has 0 aliphatic carbocycles. The lowest BCUT2D eigenvalue weighted by Gasteiger charge is -2.17. The second kappa shape index (κ2) is 8.41. The Labute approximate surface area is 130 Å². The average molecular weight is 303 g/mol. The predicted molar refractivity (Wildman–Crippen MR) is 81.9 cm³/mol. The zero-order valence-electron chi connectivity index (χ0n) is 12.7. The number of carbonyl (C=O) groups excluding carboxylic acids is 1. The van der Waals surface area contributed by atoms with Gasteiger partial charge < -0.3 is 9.47 Å². The van der Waals surface area contributed by atoms with Crippen molar-refractivity contribution in [2.45, 2.75) is 44.9 Å². The minimum absolute atomic E-state index is 0.0829. The van der Waals surface area contributed by atoms with E-state index in [1.54, 1.807) is 0 Å². The molecule has 0 spiro atoms. The highest BCUT2D eigenvalue weighted by atomic mass is 16.6. The van der Waals surface area contributed by atoms with Gasteiger partial charge in [0.1, 0.15) is 6.10 Å². The molecule has 0 N–H and O–H groups in total. The first-order valence-electron chi connectivity index (χ1n) is 7.61. The first-order valence-corrected chi connectivity index (χ1v) is 7.61. The summed E-state index contributed by atoms with van der Waals surface area (Å²) in [6.07, 6.45) is 1.97. The number of hydrogen-bond donors (Lipinski definition) is 0. The summed E-state index contributed by atoms with van der Waals surface area (Å²) >= 11 is 0. The Morgan fingerprint density at radius 1 is 1.45 bits per heavy atom. The molecule has 0 bridgehead atoms. The number of cyclic esters (lactones) is 1. The van der Waals surface area contributed by atoms with E-state index >= 15 is 0 Å². The van der Waals surface area contributed by atoms with Crippen molar-refractivity contribution in [1.29, 1.82) is 0 Å². The smallest absolute Gasteiger partial charge is 0.309 e. The number of ether oxygens (including phenoxy) is 2. The molecule has 3 atom stereocenters. The summed E-state index contributed by atoms with van der Waals surface area (Å²) in [7, 11) is 0. The zero-order valence-corrected chi connectivity index (χ0v) is 12.7. The van der Waals surface area contributed by atoms with Crippen molar-refractivity contribution in [1.82, 2.24) is 0 Å². The van der Waals surface area contributed by atoms with Gasteiger partial charge in [0.05, 0.1) is 25.2 Å². The summed E-state index contributed by atoms with van der Waals surface area (Å²) in [5.41, 5.74) is 9.76. The van der Waals surface area contributed by atoms with Crippen molar-refractivity contribution in [3.8, 4) is 0 Å². The van der Waals surface area contributed by atoms with Gasteiger partial charge in [-0.2, -0.15) is 0 Å². The van der Waals surface area contributed by atoms with Gasteiger partial charge in [-0.15, -0.1) is 0 Å². The number of hydrogen-bond acceptors (Lipinski definition) is 4. The molecule has 1 fully saturated rings. The van der Waals surface area contributed by atoms with E-state index in [0.717, 1.165) is 18.4 Å². The zero-order chi connectivity index (χ0) is 15.8. The lowest BCUT2D eigenvalue weighted by molar-refractivity contribution is -0.145. The third-order valence-electron chi connectivity index (χ3n) is 3.78. The Morgan fingerprint density at radius 3 is 2.91 bits per heavy atom.